The van der Waals surface area contributed by atoms with Gasteiger partial charge < -0.3 is 24.2 Å². The number of benzene rings is 1. The number of carbonyl (C=O) groups excluding carboxylic acids is 1. The van der Waals surface area contributed by atoms with Gasteiger partial charge in [-0.1, -0.05) is 5.16 Å². The number of likely N-dealkylation sites (tertiary alicyclic amines) is 1. The van der Waals surface area contributed by atoms with Gasteiger partial charge in [0, 0.05) is 24.7 Å². The molecule has 0 aliphatic carbocycles. The summed E-state index contributed by atoms with van der Waals surface area (Å²) in [6.07, 6.45) is 1.82. The molecule has 1 atom stereocenters. The summed E-state index contributed by atoms with van der Waals surface area (Å²) >= 11 is 0. The van der Waals surface area contributed by atoms with Crippen LogP contribution in [0.25, 0.3) is 0 Å². The Kier molecular flexibility index (Phi) is 5.11. The molecule has 1 fully saturated rings. The number of rotatable bonds is 5. The molecular formula is C18H23N3O4. The third-order valence-electron chi connectivity index (χ3n) is 4.41. The number of nitrogens with zero attached hydrogens (tertiary/aromatic N) is 2. The normalized spacial score (nSPS) is 16.8. The number of hydrogen-bond acceptors (Lipinski definition) is 5. The minimum Gasteiger partial charge on any atom is -0.497 e. The monoisotopic (exact) mass is 345 g/mol. The lowest BCUT2D eigenvalue weighted by atomic mass is 10.1. The van der Waals surface area contributed by atoms with Crippen molar-refractivity contribution in [3.63, 3.8) is 0 Å². The Hall–Kier alpha value is -2.70. The highest BCUT2D eigenvalue weighted by atomic mass is 16.5. The predicted molar refractivity (Wildman–Crippen MR) is 91.7 cm³/mol. The molecule has 0 bridgehead atoms. The number of ether oxygens (including phenoxy) is 2. The maximum Gasteiger partial charge on any atom is 0.318 e. The average Bonchev–Trinajstić information content (AvgIpc) is 3.28. The minimum absolute atomic E-state index is 0.0617. The Morgan fingerprint density at radius 3 is 2.88 bits per heavy atom. The van der Waals surface area contributed by atoms with E-state index in [1.165, 1.54) is 0 Å². The maximum absolute atomic E-state index is 12.6. The van der Waals surface area contributed by atoms with E-state index in [-0.39, 0.29) is 12.1 Å². The molecule has 0 spiro atoms. The standard InChI is InChI=1S/C18H23N3O4/c1-12-9-17(25-20-12)15-5-4-8-21(15)18(22)19-11-13-10-14(23-2)6-7-16(13)24-3/h6-7,9-10,15H,4-5,8,11H2,1-3H3,(H,19,22). The van der Waals surface area contributed by atoms with E-state index in [4.69, 9.17) is 14.0 Å². The van der Waals surface area contributed by atoms with Crippen LogP contribution in [0.15, 0.2) is 28.8 Å². The van der Waals surface area contributed by atoms with Crippen molar-refractivity contribution in [2.75, 3.05) is 20.8 Å². The summed E-state index contributed by atoms with van der Waals surface area (Å²) < 4.78 is 15.9. The number of hydrogen-bond donors (Lipinski definition) is 1. The molecule has 7 heteroatoms. The van der Waals surface area contributed by atoms with Crippen LogP contribution in [0.4, 0.5) is 4.79 Å². The van der Waals surface area contributed by atoms with Gasteiger partial charge in [-0.15, -0.1) is 0 Å². The maximum atomic E-state index is 12.6. The molecule has 0 saturated carbocycles. The molecule has 7 nitrogen and oxygen atoms in total. The van der Waals surface area contributed by atoms with Crippen molar-refractivity contribution in [1.29, 1.82) is 0 Å². The van der Waals surface area contributed by atoms with Crippen molar-refractivity contribution in [2.24, 2.45) is 0 Å². The molecule has 3 rings (SSSR count). The molecule has 2 heterocycles. The zero-order chi connectivity index (χ0) is 17.8. The summed E-state index contributed by atoms with van der Waals surface area (Å²) in [4.78, 5) is 14.4. The number of aromatic nitrogens is 1. The smallest absolute Gasteiger partial charge is 0.318 e. The lowest BCUT2D eigenvalue weighted by Crippen LogP contribution is -2.39. The van der Waals surface area contributed by atoms with Gasteiger partial charge in [0.1, 0.15) is 11.5 Å². The van der Waals surface area contributed by atoms with Crippen molar-refractivity contribution in [2.45, 2.75) is 32.4 Å². The Morgan fingerprint density at radius 1 is 1.36 bits per heavy atom. The molecule has 1 aromatic heterocycles. The molecule has 2 aromatic rings. The van der Waals surface area contributed by atoms with E-state index in [2.05, 4.69) is 10.5 Å². The molecule has 1 aliphatic rings. The van der Waals surface area contributed by atoms with Crippen molar-refractivity contribution in [1.82, 2.24) is 15.4 Å². The van der Waals surface area contributed by atoms with Crippen molar-refractivity contribution in [3.8, 4) is 11.5 Å². The Labute approximate surface area is 146 Å². The molecule has 2 amide bonds. The van der Waals surface area contributed by atoms with E-state index < -0.39 is 0 Å². The second-order valence-electron chi connectivity index (χ2n) is 6.06. The van der Waals surface area contributed by atoms with Gasteiger partial charge >= 0.3 is 6.03 Å². The summed E-state index contributed by atoms with van der Waals surface area (Å²) in [5, 5.41) is 6.89. The van der Waals surface area contributed by atoms with Crippen molar-refractivity contribution in [3.05, 3.63) is 41.3 Å². The third kappa shape index (κ3) is 3.70. The number of aryl methyl sites for hydroxylation is 1. The van der Waals surface area contributed by atoms with Gasteiger partial charge in [0.15, 0.2) is 5.76 Å². The minimum atomic E-state index is -0.124. The van der Waals surface area contributed by atoms with Crippen LogP contribution < -0.4 is 14.8 Å². The van der Waals surface area contributed by atoms with Crippen LogP contribution in [-0.4, -0.2) is 36.9 Å². The largest absolute Gasteiger partial charge is 0.497 e. The highest BCUT2D eigenvalue weighted by Crippen LogP contribution is 2.32. The Bertz CT molecular complexity index is 744. The number of urea groups is 1. The highest BCUT2D eigenvalue weighted by molar-refractivity contribution is 5.75. The van der Waals surface area contributed by atoms with Crippen LogP contribution in [0.3, 0.4) is 0 Å². The van der Waals surface area contributed by atoms with Crippen LogP contribution in [0.5, 0.6) is 11.5 Å². The van der Waals surface area contributed by atoms with E-state index >= 15 is 0 Å². The highest BCUT2D eigenvalue weighted by Gasteiger charge is 2.32. The van der Waals surface area contributed by atoms with Gasteiger partial charge in [0.2, 0.25) is 0 Å². The number of carbonyl (C=O) groups is 1. The van der Waals surface area contributed by atoms with Crippen molar-refractivity contribution < 1.29 is 18.8 Å². The molecule has 1 saturated heterocycles. The lowest BCUT2D eigenvalue weighted by molar-refractivity contribution is 0.182. The predicted octanol–water partition coefficient (Wildman–Crippen LogP) is 3.05. The molecule has 134 valence electrons. The first kappa shape index (κ1) is 17.1. The van der Waals surface area contributed by atoms with E-state index in [1.54, 1.807) is 19.1 Å². The average molecular weight is 345 g/mol. The van der Waals surface area contributed by atoms with Crippen LogP contribution >= 0.6 is 0 Å². The summed E-state index contributed by atoms with van der Waals surface area (Å²) in [7, 11) is 3.22. The first-order valence-corrected chi connectivity index (χ1v) is 8.31. The van der Waals surface area contributed by atoms with Gasteiger partial charge in [-0.3, -0.25) is 0 Å². The number of amides is 2. The SMILES string of the molecule is COc1ccc(OC)c(CNC(=O)N2CCCC2c2cc(C)no2)c1. The fourth-order valence-corrected chi connectivity index (χ4v) is 3.14. The molecule has 0 radical (unpaired) electrons. The van der Waals surface area contributed by atoms with E-state index in [0.29, 0.717) is 18.8 Å². The third-order valence-corrected chi connectivity index (χ3v) is 4.41. The van der Waals surface area contributed by atoms with Gasteiger partial charge in [0.05, 0.1) is 26.0 Å². The lowest BCUT2D eigenvalue weighted by Gasteiger charge is -2.23. The summed E-state index contributed by atoms with van der Waals surface area (Å²) in [5.41, 5.74) is 1.69. The molecule has 1 unspecified atom stereocenters. The van der Waals surface area contributed by atoms with Crippen LogP contribution in [0, 0.1) is 6.92 Å². The molecule has 1 aliphatic heterocycles. The van der Waals surface area contributed by atoms with Crippen LogP contribution in [0.1, 0.15) is 35.9 Å². The first-order chi connectivity index (χ1) is 12.1. The quantitative estimate of drug-likeness (QED) is 0.901. The van der Waals surface area contributed by atoms with E-state index in [9.17, 15) is 4.79 Å². The van der Waals surface area contributed by atoms with Gasteiger partial charge in [-0.25, -0.2) is 4.79 Å². The van der Waals surface area contributed by atoms with Gasteiger partial charge in [0.25, 0.3) is 0 Å². The van der Waals surface area contributed by atoms with Crippen LogP contribution in [-0.2, 0) is 6.54 Å². The zero-order valence-corrected chi connectivity index (χ0v) is 14.7. The molecular weight excluding hydrogens is 322 g/mol. The fourth-order valence-electron chi connectivity index (χ4n) is 3.14. The second-order valence-corrected chi connectivity index (χ2v) is 6.06. The molecule has 1 N–H and O–H groups in total. The van der Waals surface area contributed by atoms with Crippen LogP contribution in [0.2, 0.25) is 0 Å². The zero-order valence-electron chi connectivity index (χ0n) is 14.7. The Morgan fingerprint density at radius 2 is 2.20 bits per heavy atom. The summed E-state index contributed by atoms with van der Waals surface area (Å²) in [5.74, 6) is 2.18. The molecule has 25 heavy (non-hydrogen) atoms. The molecule has 1 aromatic carbocycles. The number of nitrogens with one attached hydrogen (secondary N) is 1. The fraction of sp³-hybridized carbons (Fsp3) is 0.444. The summed E-state index contributed by atoms with van der Waals surface area (Å²) in [6, 6.07) is 7.22. The van der Waals surface area contributed by atoms with E-state index in [0.717, 1.165) is 35.6 Å². The van der Waals surface area contributed by atoms with Crippen molar-refractivity contribution >= 4 is 6.03 Å². The van der Waals surface area contributed by atoms with Gasteiger partial charge in [-0.2, -0.15) is 0 Å². The number of methoxy groups -OCH3 is 2. The Balaban J connectivity index is 1.68. The van der Waals surface area contributed by atoms with Gasteiger partial charge in [-0.05, 0) is 38.0 Å². The topological polar surface area (TPSA) is 76.8 Å². The second kappa shape index (κ2) is 7.46. The first-order valence-electron chi connectivity index (χ1n) is 8.31. The summed E-state index contributed by atoms with van der Waals surface area (Å²) in [6.45, 7) is 2.94. The van der Waals surface area contributed by atoms with E-state index in [1.807, 2.05) is 31.2 Å².